The number of likely N-dealkylation sites (tertiary alicyclic amines) is 1. The number of carbonyl (C=O) groups is 2. The third kappa shape index (κ3) is 6.34. The smallest absolute Gasteiger partial charge is 0.295 e. The number of carbonyl (C=O) groups excluding carboxylic acids is 2. The van der Waals surface area contributed by atoms with Gasteiger partial charge in [0.2, 0.25) is 0 Å². The first-order chi connectivity index (χ1) is 18.3. The molecule has 1 atom stereocenters. The zero-order chi connectivity index (χ0) is 27.2. The van der Waals surface area contributed by atoms with Crippen LogP contribution >= 0.6 is 23.2 Å². The SMILES string of the molecule is CCCCOc1ccc(/C(O)=C2\C(=O)C(=O)N(CCCN3CCOCC3)[C@@H]2c2ccc(Cl)c(Cl)c2)cc1C. The van der Waals surface area contributed by atoms with Crippen LogP contribution < -0.4 is 4.74 Å². The van der Waals surface area contributed by atoms with Crippen LogP contribution in [0.5, 0.6) is 5.75 Å². The van der Waals surface area contributed by atoms with Gasteiger partial charge in [-0.25, -0.2) is 0 Å². The van der Waals surface area contributed by atoms with Crippen LogP contribution in [0.3, 0.4) is 0 Å². The number of nitrogens with zero attached hydrogens (tertiary/aromatic N) is 2. The fourth-order valence-electron chi connectivity index (χ4n) is 4.87. The maximum Gasteiger partial charge on any atom is 0.295 e. The van der Waals surface area contributed by atoms with Crippen LogP contribution in [0.15, 0.2) is 42.0 Å². The van der Waals surface area contributed by atoms with Gasteiger partial charge in [0.15, 0.2) is 0 Å². The molecule has 2 heterocycles. The molecule has 0 spiro atoms. The van der Waals surface area contributed by atoms with E-state index in [-0.39, 0.29) is 11.3 Å². The van der Waals surface area contributed by atoms with Crippen molar-refractivity contribution in [1.82, 2.24) is 9.80 Å². The zero-order valence-corrected chi connectivity index (χ0v) is 23.4. The van der Waals surface area contributed by atoms with Crippen molar-refractivity contribution in [3.8, 4) is 5.75 Å². The molecule has 1 amide bonds. The molecule has 0 bridgehead atoms. The van der Waals surface area contributed by atoms with Crippen molar-refractivity contribution in [2.24, 2.45) is 0 Å². The Bertz CT molecular complexity index is 1210. The minimum absolute atomic E-state index is 0.0406. The first-order valence-electron chi connectivity index (χ1n) is 13.1. The highest BCUT2D eigenvalue weighted by atomic mass is 35.5. The number of halogens is 2. The van der Waals surface area contributed by atoms with E-state index in [9.17, 15) is 14.7 Å². The lowest BCUT2D eigenvalue weighted by molar-refractivity contribution is -0.140. The normalized spacial score (nSPS) is 19.8. The molecule has 0 radical (unpaired) electrons. The molecule has 2 aromatic rings. The number of ether oxygens (including phenoxy) is 2. The van der Waals surface area contributed by atoms with E-state index in [2.05, 4.69) is 11.8 Å². The van der Waals surface area contributed by atoms with Crippen LogP contribution in [0.4, 0.5) is 0 Å². The Labute approximate surface area is 233 Å². The summed E-state index contributed by atoms with van der Waals surface area (Å²) in [5, 5.41) is 12.1. The lowest BCUT2D eigenvalue weighted by Gasteiger charge is -2.29. The van der Waals surface area contributed by atoms with Crippen LogP contribution in [0.25, 0.3) is 5.76 Å². The molecule has 0 aliphatic carbocycles. The Morgan fingerprint density at radius 2 is 1.82 bits per heavy atom. The molecule has 0 saturated carbocycles. The number of rotatable bonds is 10. The van der Waals surface area contributed by atoms with Gasteiger partial charge in [0.1, 0.15) is 11.5 Å². The van der Waals surface area contributed by atoms with Gasteiger partial charge in [-0.2, -0.15) is 0 Å². The number of hydrogen-bond acceptors (Lipinski definition) is 6. The van der Waals surface area contributed by atoms with E-state index in [1.807, 2.05) is 6.92 Å². The quantitative estimate of drug-likeness (QED) is 0.176. The molecule has 2 saturated heterocycles. The van der Waals surface area contributed by atoms with Gasteiger partial charge in [0.25, 0.3) is 11.7 Å². The summed E-state index contributed by atoms with van der Waals surface area (Å²) in [6.45, 7) is 8.78. The maximum atomic E-state index is 13.3. The number of benzene rings is 2. The van der Waals surface area contributed by atoms with Gasteiger partial charge >= 0.3 is 0 Å². The molecule has 2 aliphatic heterocycles. The maximum absolute atomic E-state index is 13.3. The van der Waals surface area contributed by atoms with E-state index in [0.29, 0.717) is 54.0 Å². The summed E-state index contributed by atoms with van der Waals surface area (Å²) in [7, 11) is 0. The minimum Gasteiger partial charge on any atom is -0.507 e. The summed E-state index contributed by atoms with van der Waals surface area (Å²) in [6, 6.07) is 9.51. The highest BCUT2D eigenvalue weighted by Gasteiger charge is 2.46. The first kappa shape index (κ1) is 28.4. The third-order valence-electron chi connectivity index (χ3n) is 6.98. The summed E-state index contributed by atoms with van der Waals surface area (Å²) < 4.78 is 11.2. The Hall–Kier alpha value is -2.58. The summed E-state index contributed by atoms with van der Waals surface area (Å²) in [4.78, 5) is 30.4. The van der Waals surface area contributed by atoms with Crippen LogP contribution in [0.1, 0.15) is 48.9 Å². The Kier molecular flexibility index (Phi) is 9.71. The average Bonchev–Trinajstić information content (AvgIpc) is 3.16. The van der Waals surface area contributed by atoms with Gasteiger partial charge in [-0.15, -0.1) is 0 Å². The van der Waals surface area contributed by atoms with E-state index in [1.165, 1.54) is 4.90 Å². The molecule has 1 N–H and O–H groups in total. The standard InChI is InChI=1S/C29H34Cl2N2O5/c1-3-4-14-38-24-9-7-21(17-19(24)2)27(34)25-26(20-6-8-22(30)23(31)18-20)33(29(36)28(25)35)11-5-10-32-12-15-37-16-13-32/h6-9,17-18,26,34H,3-5,10-16H2,1-2H3/b27-25+/t26-/m1/s1. The topological polar surface area (TPSA) is 79.3 Å². The van der Waals surface area contributed by atoms with Crippen molar-refractivity contribution in [1.29, 1.82) is 0 Å². The number of morpholine rings is 1. The fraction of sp³-hybridized carbons (Fsp3) is 0.448. The number of aryl methyl sites for hydroxylation is 1. The highest BCUT2D eigenvalue weighted by molar-refractivity contribution is 6.46. The Balaban J connectivity index is 1.67. The van der Waals surface area contributed by atoms with Crippen LogP contribution in [-0.4, -0.2) is 72.6 Å². The molecule has 0 unspecified atom stereocenters. The van der Waals surface area contributed by atoms with E-state index >= 15 is 0 Å². The van der Waals surface area contributed by atoms with Crippen molar-refractivity contribution in [2.75, 3.05) is 46.0 Å². The van der Waals surface area contributed by atoms with Crippen molar-refractivity contribution in [3.05, 3.63) is 68.7 Å². The average molecular weight is 562 g/mol. The first-order valence-corrected chi connectivity index (χ1v) is 13.8. The number of ketones is 1. The van der Waals surface area contributed by atoms with Gasteiger partial charge < -0.3 is 19.5 Å². The molecule has 38 heavy (non-hydrogen) atoms. The number of amides is 1. The van der Waals surface area contributed by atoms with E-state index in [1.54, 1.807) is 36.4 Å². The molecular formula is C29H34Cl2N2O5. The summed E-state index contributed by atoms with van der Waals surface area (Å²) in [6.07, 6.45) is 2.65. The minimum atomic E-state index is -0.782. The predicted molar refractivity (Wildman–Crippen MR) is 149 cm³/mol. The van der Waals surface area contributed by atoms with Gasteiger partial charge in [-0.3, -0.25) is 14.5 Å². The van der Waals surface area contributed by atoms with Crippen molar-refractivity contribution < 1.29 is 24.2 Å². The van der Waals surface area contributed by atoms with Crippen LogP contribution in [0, 0.1) is 6.92 Å². The number of hydrogen-bond donors (Lipinski definition) is 1. The molecular weight excluding hydrogens is 527 g/mol. The number of unbranched alkanes of at least 4 members (excludes halogenated alkanes) is 1. The van der Waals surface area contributed by atoms with Crippen LogP contribution in [0.2, 0.25) is 10.0 Å². The van der Waals surface area contributed by atoms with Gasteiger partial charge in [0, 0.05) is 31.7 Å². The van der Waals surface area contributed by atoms with Gasteiger partial charge in [-0.05, 0) is 61.2 Å². The monoisotopic (exact) mass is 560 g/mol. The molecule has 2 aliphatic rings. The molecule has 0 aromatic heterocycles. The predicted octanol–water partition coefficient (Wildman–Crippen LogP) is 5.62. The lowest BCUT2D eigenvalue weighted by Crippen LogP contribution is -2.38. The molecule has 7 nitrogen and oxygen atoms in total. The number of aliphatic hydroxyl groups excluding tert-OH is 1. The lowest BCUT2D eigenvalue weighted by atomic mass is 9.94. The third-order valence-corrected chi connectivity index (χ3v) is 7.72. The van der Waals surface area contributed by atoms with Crippen LogP contribution in [-0.2, 0) is 14.3 Å². The van der Waals surface area contributed by atoms with Gasteiger partial charge in [-0.1, -0.05) is 42.6 Å². The highest BCUT2D eigenvalue weighted by Crippen LogP contribution is 2.41. The molecule has 4 rings (SSSR count). The second-order valence-corrected chi connectivity index (χ2v) is 10.5. The molecule has 2 fully saturated rings. The summed E-state index contributed by atoms with van der Waals surface area (Å²) >= 11 is 12.5. The van der Waals surface area contributed by atoms with Crippen molar-refractivity contribution >= 4 is 40.7 Å². The van der Waals surface area contributed by atoms with E-state index in [0.717, 1.165) is 43.8 Å². The van der Waals surface area contributed by atoms with Crippen molar-refractivity contribution in [3.63, 3.8) is 0 Å². The van der Waals surface area contributed by atoms with E-state index < -0.39 is 17.7 Å². The summed E-state index contributed by atoms with van der Waals surface area (Å²) in [5.74, 6) is -0.857. The molecule has 2 aromatic carbocycles. The van der Waals surface area contributed by atoms with Gasteiger partial charge in [0.05, 0.1) is 41.5 Å². The Morgan fingerprint density at radius 1 is 1.05 bits per heavy atom. The molecule has 204 valence electrons. The van der Waals surface area contributed by atoms with Crippen molar-refractivity contribution in [2.45, 2.75) is 39.2 Å². The molecule has 9 heteroatoms. The summed E-state index contributed by atoms with van der Waals surface area (Å²) in [5.41, 5.74) is 1.93. The zero-order valence-electron chi connectivity index (χ0n) is 21.8. The fourth-order valence-corrected chi connectivity index (χ4v) is 5.18. The second kappa shape index (κ2) is 13.0. The van der Waals surface area contributed by atoms with E-state index in [4.69, 9.17) is 32.7 Å². The second-order valence-electron chi connectivity index (χ2n) is 9.66. The Morgan fingerprint density at radius 3 is 2.50 bits per heavy atom. The number of aliphatic hydroxyl groups is 1. The largest absolute Gasteiger partial charge is 0.507 e. The number of Topliss-reactive ketones (excluding diaryl/α,β-unsaturated/α-hetero) is 1.